The van der Waals surface area contributed by atoms with Crippen LogP contribution in [0.4, 0.5) is 10.1 Å². The first-order valence-electron chi connectivity index (χ1n) is 5.43. The standard InChI is InChI=1S/C12H15FN2S/c1-3-9-7-16-12(14-9)15-11-8(2)5-4-6-10(11)13/h4-6,9H,3,7H2,1-2H3,(H,14,15). The second-order valence-corrected chi connectivity index (χ2v) is 4.87. The second-order valence-electron chi connectivity index (χ2n) is 3.86. The van der Waals surface area contributed by atoms with Gasteiger partial charge in [-0.05, 0) is 25.0 Å². The molecule has 1 aliphatic heterocycles. The summed E-state index contributed by atoms with van der Waals surface area (Å²) in [6, 6.07) is 5.45. The molecule has 1 N–H and O–H groups in total. The van der Waals surface area contributed by atoms with Crippen LogP contribution in [0.1, 0.15) is 18.9 Å². The van der Waals surface area contributed by atoms with Gasteiger partial charge in [-0.15, -0.1) is 0 Å². The number of aryl methyl sites for hydroxylation is 1. The first kappa shape index (κ1) is 11.5. The monoisotopic (exact) mass is 238 g/mol. The summed E-state index contributed by atoms with van der Waals surface area (Å²) in [5.74, 6) is 0.773. The smallest absolute Gasteiger partial charge is 0.161 e. The first-order valence-corrected chi connectivity index (χ1v) is 6.42. The van der Waals surface area contributed by atoms with Crippen molar-refractivity contribution in [2.75, 3.05) is 11.1 Å². The van der Waals surface area contributed by atoms with E-state index < -0.39 is 0 Å². The minimum atomic E-state index is -0.219. The van der Waals surface area contributed by atoms with Crippen LogP contribution in [0.3, 0.4) is 0 Å². The minimum absolute atomic E-state index is 0.219. The molecule has 0 aromatic heterocycles. The highest BCUT2D eigenvalue weighted by Gasteiger charge is 2.17. The summed E-state index contributed by atoms with van der Waals surface area (Å²) in [4.78, 5) is 4.49. The largest absolute Gasteiger partial charge is 0.332 e. The molecule has 2 nitrogen and oxygen atoms in total. The number of nitrogens with one attached hydrogen (secondary N) is 1. The Morgan fingerprint density at radius 3 is 3.00 bits per heavy atom. The van der Waals surface area contributed by atoms with E-state index in [1.807, 2.05) is 13.0 Å². The number of anilines is 1. The Labute approximate surface area is 99.3 Å². The molecule has 1 aromatic rings. The van der Waals surface area contributed by atoms with Crippen LogP contribution in [-0.2, 0) is 0 Å². The third-order valence-corrected chi connectivity index (χ3v) is 3.67. The van der Waals surface area contributed by atoms with E-state index >= 15 is 0 Å². The van der Waals surface area contributed by atoms with E-state index in [0.717, 1.165) is 22.9 Å². The summed E-state index contributed by atoms with van der Waals surface area (Å²) >= 11 is 1.66. The highest BCUT2D eigenvalue weighted by atomic mass is 32.2. The maximum atomic E-state index is 13.6. The molecule has 0 saturated carbocycles. The van der Waals surface area contributed by atoms with Gasteiger partial charge in [0, 0.05) is 5.75 Å². The molecule has 1 heterocycles. The van der Waals surface area contributed by atoms with Crippen molar-refractivity contribution in [3.8, 4) is 0 Å². The van der Waals surface area contributed by atoms with Crippen molar-refractivity contribution in [3.63, 3.8) is 0 Å². The topological polar surface area (TPSA) is 24.4 Å². The van der Waals surface area contributed by atoms with Crippen LogP contribution in [-0.4, -0.2) is 17.0 Å². The molecule has 0 bridgehead atoms. The Morgan fingerprint density at radius 2 is 2.38 bits per heavy atom. The van der Waals surface area contributed by atoms with Gasteiger partial charge in [-0.2, -0.15) is 0 Å². The number of nitrogens with zero attached hydrogens (tertiary/aromatic N) is 1. The van der Waals surface area contributed by atoms with E-state index in [2.05, 4.69) is 17.2 Å². The average Bonchev–Trinajstić information content (AvgIpc) is 2.71. The molecule has 1 unspecified atom stereocenters. The lowest BCUT2D eigenvalue weighted by atomic mass is 10.2. The van der Waals surface area contributed by atoms with Gasteiger partial charge in [-0.3, -0.25) is 4.99 Å². The van der Waals surface area contributed by atoms with E-state index in [1.165, 1.54) is 6.07 Å². The number of benzene rings is 1. The van der Waals surface area contributed by atoms with Crippen molar-refractivity contribution in [2.24, 2.45) is 4.99 Å². The number of halogens is 1. The first-order chi connectivity index (χ1) is 7.70. The molecular formula is C12H15FN2S. The summed E-state index contributed by atoms with van der Waals surface area (Å²) in [7, 11) is 0. The Balaban J connectivity index is 2.16. The fourth-order valence-corrected chi connectivity index (χ4v) is 2.65. The molecule has 86 valence electrons. The van der Waals surface area contributed by atoms with Gasteiger partial charge < -0.3 is 5.32 Å². The van der Waals surface area contributed by atoms with Gasteiger partial charge in [0.25, 0.3) is 0 Å². The zero-order chi connectivity index (χ0) is 11.5. The van der Waals surface area contributed by atoms with Gasteiger partial charge in [0.2, 0.25) is 0 Å². The molecule has 1 aromatic carbocycles. The van der Waals surface area contributed by atoms with Gasteiger partial charge in [0.05, 0.1) is 11.7 Å². The van der Waals surface area contributed by atoms with Crippen LogP contribution in [0.5, 0.6) is 0 Å². The van der Waals surface area contributed by atoms with E-state index in [-0.39, 0.29) is 5.82 Å². The number of rotatable bonds is 2. The van der Waals surface area contributed by atoms with Crippen LogP contribution < -0.4 is 5.32 Å². The molecule has 0 saturated heterocycles. The Hall–Kier alpha value is -1.03. The van der Waals surface area contributed by atoms with Crippen LogP contribution in [0, 0.1) is 12.7 Å². The Morgan fingerprint density at radius 1 is 1.56 bits per heavy atom. The van der Waals surface area contributed by atoms with Crippen molar-refractivity contribution in [1.82, 2.24) is 0 Å². The fourth-order valence-electron chi connectivity index (χ4n) is 1.59. The van der Waals surface area contributed by atoms with Crippen molar-refractivity contribution >= 4 is 22.6 Å². The summed E-state index contributed by atoms with van der Waals surface area (Å²) in [5.41, 5.74) is 1.45. The maximum Gasteiger partial charge on any atom is 0.161 e. The van der Waals surface area contributed by atoms with Gasteiger partial charge in [0.1, 0.15) is 5.82 Å². The molecular weight excluding hydrogens is 223 g/mol. The predicted octanol–water partition coefficient (Wildman–Crippen LogP) is 3.43. The summed E-state index contributed by atoms with van der Waals surface area (Å²) < 4.78 is 13.6. The Kier molecular flexibility index (Phi) is 3.49. The number of hydrogen-bond acceptors (Lipinski definition) is 3. The predicted molar refractivity (Wildman–Crippen MR) is 68.7 cm³/mol. The molecule has 0 spiro atoms. The normalized spacial score (nSPS) is 19.7. The van der Waals surface area contributed by atoms with Crippen LogP contribution >= 0.6 is 11.8 Å². The number of aliphatic imine (C=N–C) groups is 1. The summed E-state index contributed by atoms with van der Waals surface area (Å²) in [6.45, 7) is 4.01. The van der Waals surface area contributed by atoms with Crippen molar-refractivity contribution in [3.05, 3.63) is 29.6 Å². The number of hydrogen-bond donors (Lipinski definition) is 1. The lowest BCUT2D eigenvalue weighted by Crippen LogP contribution is -2.08. The molecule has 2 rings (SSSR count). The van der Waals surface area contributed by atoms with E-state index in [4.69, 9.17) is 0 Å². The number of para-hydroxylation sites is 1. The van der Waals surface area contributed by atoms with Crippen molar-refractivity contribution in [1.29, 1.82) is 0 Å². The van der Waals surface area contributed by atoms with E-state index in [1.54, 1.807) is 17.8 Å². The zero-order valence-electron chi connectivity index (χ0n) is 9.46. The lowest BCUT2D eigenvalue weighted by molar-refractivity contribution is 0.631. The summed E-state index contributed by atoms with van der Waals surface area (Å²) in [6.07, 6.45) is 1.04. The third kappa shape index (κ3) is 2.38. The Bertz CT molecular complexity index is 397. The van der Waals surface area contributed by atoms with Gasteiger partial charge in [-0.25, -0.2) is 4.39 Å². The molecule has 1 aliphatic rings. The highest BCUT2D eigenvalue weighted by Crippen LogP contribution is 2.25. The van der Waals surface area contributed by atoms with Crippen molar-refractivity contribution < 1.29 is 4.39 Å². The van der Waals surface area contributed by atoms with Crippen LogP contribution in [0.2, 0.25) is 0 Å². The minimum Gasteiger partial charge on any atom is -0.332 e. The molecule has 0 aliphatic carbocycles. The van der Waals surface area contributed by atoms with Crippen molar-refractivity contribution in [2.45, 2.75) is 26.3 Å². The molecule has 0 amide bonds. The molecule has 16 heavy (non-hydrogen) atoms. The van der Waals surface area contributed by atoms with E-state index in [9.17, 15) is 4.39 Å². The second kappa shape index (κ2) is 4.87. The average molecular weight is 238 g/mol. The molecule has 0 radical (unpaired) electrons. The SMILES string of the molecule is CCC1CSC(Nc2c(C)cccc2F)=N1. The molecule has 0 fully saturated rings. The quantitative estimate of drug-likeness (QED) is 0.853. The van der Waals surface area contributed by atoms with E-state index in [0.29, 0.717) is 11.7 Å². The number of thioether (sulfide) groups is 1. The van der Waals surface area contributed by atoms with Gasteiger partial charge in [-0.1, -0.05) is 30.8 Å². The number of amidine groups is 1. The third-order valence-electron chi connectivity index (χ3n) is 2.64. The van der Waals surface area contributed by atoms with Crippen LogP contribution in [0.15, 0.2) is 23.2 Å². The lowest BCUT2D eigenvalue weighted by Gasteiger charge is -2.09. The molecule has 4 heteroatoms. The molecule has 1 atom stereocenters. The maximum absolute atomic E-state index is 13.6. The highest BCUT2D eigenvalue weighted by molar-refractivity contribution is 8.14. The van der Waals surface area contributed by atoms with Gasteiger partial charge in [0.15, 0.2) is 5.17 Å². The summed E-state index contributed by atoms with van der Waals surface area (Å²) in [5, 5.41) is 3.91. The van der Waals surface area contributed by atoms with Gasteiger partial charge >= 0.3 is 0 Å². The fraction of sp³-hybridized carbons (Fsp3) is 0.417. The zero-order valence-corrected chi connectivity index (χ0v) is 10.3. The van der Waals surface area contributed by atoms with Crippen LogP contribution in [0.25, 0.3) is 0 Å².